The third-order valence-corrected chi connectivity index (χ3v) is 6.78. The number of ether oxygens (including phenoxy) is 1. The van der Waals surface area contributed by atoms with Crippen molar-refractivity contribution in [1.29, 1.82) is 0 Å². The van der Waals surface area contributed by atoms with E-state index < -0.39 is 0 Å². The van der Waals surface area contributed by atoms with Gasteiger partial charge in [-0.3, -0.25) is 9.36 Å². The lowest BCUT2D eigenvalue weighted by atomic mass is 10.2. The van der Waals surface area contributed by atoms with Crippen molar-refractivity contribution >= 4 is 29.0 Å². The lowest BCUT2D eigenvalue weighted by Crippen LogP contribution is -2.30. The van der Waals surface area contributed by atoms with Crippen LogP contribution < -0.4 is 5.32 Å². The predicted octanol–water partition coefficient (Wildman–Crippen LogP) is 3.98. The average molecular weight is 429 g/mol. The van der Waals surface area contributed by atoms with E-state index in [1.165, 1.54) is 11.8 Å². The van der Waals surface area contributed by atoms with Gasteiger partial charge in [0.15, 0.2) is 11.0 Å². The summed E-state index contributed by atoms with van der Waals surface area (Å²) in [5.41, 5.74) is 1.08. The van der Waals surface area contributed by atoms with Gasteiger partial charge < -0.3 is 10.1 Å². The summed E-state index contributed by atoms with van der Waals surface area (Å²) in [6.45, 7) is 3.94. The number of rotatable bonds is 8. The molecule has 1 amide bonds. The van der Waals surface area contributed by atoms with Gasteiger partial charge in [-0.1, -0.05) is 48.2 Å². The lowest BCUT2D eigenvalue weighted by Gasteiger charge is -2.16. The van der Waals surface area contributed by atoms with Crippen molar-refractivity contribution in [2.75, 3.05) is 6.61 Å². The van der Waals surface area contributed by atoms with E-state index in [4.69, 9.17) is 4.74 Å². The van der Waals surface area contributed by atoms with Gasteiger partial charge in [0.05, 0.1) is 22.8 Å². The fourth-order valence-electron chi connectivity index (χ4n) is 3.26. The second-order valence-corrected chi connectivity index (χ2v) is 9.25. The highest BCUT2D eigenvalue weighted by atomic mass is 32.2. The smallest absolute Gasteiger partial charge is 0.233 e. The van der Waals surface area contributed by atoms with Crippen molar-refractivity contribution in [1.82, 2.24) is 20.1 Å². The number of carbonyl (C=O) groups excluding carboxylic acids is 1. The maximum absolute atomic E-state index is 12.6. The fraction of sp³-hybridized carbons (Fsp3) is 0.381. The van der Waals surface area contributed by atoms with E-state index in [2.05, 4.69) is 20.1 Å². The molecule has 0 aliphatic carbocycles. The first-order chi connectivity index (χ1) is 14.2. The number of carbonyl (C=O) groups is 1. The second kappa shape index (κ2) is 9.56. The summed E-state index contributed by atoms with van der Waals surface area (Å²) in [5, 5.41) is 14.3. The number of thioether (sulfide) groups is 1. The van der Waals surface area contributed by atoms with Crippen molar-refractivity contribution in [3.63, 3.8) is 0 Å². The van der Waals surface area contributed by atoms with Crippen LogP contribution in [0.2, 0.25) is 0 Å². The van der Waals surface area contributed by atoms with Gasteiger partial charge in [0.25, 0.3) is 0 Å². The van der Waals surface area contributed by atoms with Gasteiger partial charge in [-0.05, 0) is 36.8 Å². The zero-order chi connectivity index (χ0) is 20.1. The number of thiophene rings is 1. The molecule has 1 aromatic carbocycles. The molecule has 8 heteroatoms. The van der Waals surface area contributed by atoms with Gasteiger partial charge in [0.1, 0.15) is 0 Å². The molecule has 1 N–H and O–H groups in total. The SMILES string of the molecule is CC(Sc1nnc(-c2cccs2)n1CC1CCCO1)C(=O)NCc1ccccc1. The summed E-state index contributed by atoms with van der Waals surface area (Å²) in [5.74, 6) is 0.832. The van der Waals surface area contributed by atoms with Crippen LogP contribution in [0.1, 0.15) is 25.3 Å². The van der Waals surface area contributed by atoms with E-state index >= 15 is 0 Å². The summed E-state index contributed by atoms with van der Waals surface area (Å²) in [7, 11) is 0. The third kappa shape index (κ3) is 5.07. The van der Waals surface area contributed by atoms with Crippen LogP contribution in [0.25, 0.3) is 10.7 Å². The molecule has 1 saturated heterocycles. The van der Waals surface area contributed by atoms with Crippen LogP contribution in [0, 0.1) is 0 Å². The zero-order valence-corrected chi connectivity index (χ0v) is 17.9. The maximum atomic E-state index is 12.6. The van der Waals surface area contributed by atoms with E-state index in [-0.39, 0.29) is 17.3 Å². The number of benzene rings is 1. The Kier molecular flexibility index (Phi) is 6.63. The van der Waals surface area contributed by atoms with Gasteiger partial charge >= 0.3 is 0 Å². The number of aromatic nitrogens is 3. The summed E-state index contributed by atoms with van der Waals surface area (Å²) >= 11 is 3.08. The summed E-state index contributed by atoms with van der Waals surface area (Å²) in [6, 6.07) is 14.0. The molecule has 3 heterocycles. The van der Waals surface area contributed by atoms with Gasteiger partial charge in [0.2, 0.25) is 5.91 Å². The Morgan fingerprint density at radius 1 is 1.31 bits per heavy atom. The minimum absolute atomic E-state index is 0.0109. The molecule has 0 bridgehead atoms. The van der Waals surface area contributed by atoms with Gasteiger partial charge in [-0.15, -0.1) is 21.5 Å². The fourth-order valence-corrected chi connectivity index (χ4v) is 4.86. The summed E-state index contributed by atoms with van der Waals surface area (Å²) < 4.78 is 7.94. The molecule has 0 spiro atoms. The van der Waals surface area contributed by atoms with Crippen LogP contribution in [0.3, 0.4) is 0 Å². The highest BCUT2D eigenvalue weighted by molar-refractivity contribution is 8.00. The van der Waals surface area contributed by atoms with Crippen molar-refractivity contribution in [2.45, 2.75) is 49.4 Å². The number of hydrogen-bond acceptors (Lipinski definition) is 6. The average Bonchev–Trinajstić information content (AvgIpc) is 3.50. The first kappa shape index (κ1) is 20.1. The normalized spacial score (nSPS) is 17.3. The van der Waals surface area contributed by atoms with E-state index in [0.717, 1.165) is 40.9 Å². The van der Waals surface area contributed by atoms with Crippen LogP contribution in [0.4, 0.5) is 0 Å². The number of nitrogens with zero attached hydrogens (tertiary/aromatic N) is 3. The highest BCUT2D eigenvalue weighted by Crippen LogP contribution is 2.30. The minimum atomic E-state index is -0.276. The molecule has 1 aliphatic rings. The van der Waals surface area contributed by atoms with Crippen molar-refractivity contribution < 1.29 is 9.53 Å². The molecule has 152 valence electrons. The lowest BCUT2D eigenvalue weighted by molar-refractivity contribution is -0.120. The number of amides is 1. The Labute approximate surface area is 178 Å². The number of hydrogen-bond donors (Lipinski definition) is 1. The van der Waals surface area contributed by atoms with Crippen LogP contribution in [0.5, 0.6) is 0 Å². The van der Waals surface area contributed by atoms with E-state index in [0.29, 0.717) is 13.1 Å². The van der Waals surface area contributed by atoms with E-state index in [9.17, 15) is 4.79 Å². The molecule has 1 fully saturated rings. The Bertz CT molecular complexity index is 922. The van der Waals surface area contributed by atoms with Crippen molar-refractivity contribution in [3.8, 4) is 10.7 Å². The first-order valence-electron chi connectivity index (χ1n) is 9.77. The molecule has 29 heavy (non-hydrogen) atoms. The Morgan fingerprint density at radius 3 is 2.90 bits per heavy atom. The van der Waals surface area contributed by atoms with E-state index in [1.807, 2.05) is 54.8 Å². The molecule has 2 unspecified atom stereocenters. The largest absolute Gasteiger partial charge is 0.376 e. The monoisotopic (exact) mass is 428 g/mol. The van der Waals surface area contributed by atoms with Crippen molar-refractivity contribution in [2.24, 2.45) is 0 Å². The molecule has 3 aromatic rings. The topological polar surface area (TPSA) is 69.0 Å². The van der Waals surface area contributed by atoms with Crippen molar-refractivity contribution in [3.05, 3.63) is 53.4 Å². The molecule has 0 saturated carbocycles. The molecule has 1 aliphatic heterocycles. The van der Waals surface area contributed by atoms with E-state index in [1.54, 1.807) is 11.3 Å². The minimum Gasteiger partial charge on any atom is -0.376 e. The van der Waals surface area contributed by atoms with Gasteiger partial charge in [-0.25, -0.2) is 0 Å². The highest BCUT2D eigenvalue weighted by Gasteiger charge is 2.24. The van der Waals surface area contributed by atoms with Gasteiger partial charge in [-0.2, -0.15) is 0 Å². The summed E-state index contributed by atoms with van der Waals surface area (Å²) in [4.78, 5) is 13.7. The second-order valence-electron chi connectivity index (χ2n) is 6.99. The molecular weight excluding hydrogens is 404 g/mol. The standard InChI is InChI=1S/C21H24N4O2S2/c1-15(20(26)22-13-16-7-3-2-4-8-16)29-21-24-23-19(18-10-6-12-28-18)25(21)14-17-9-5-11-27-17/h2-4,6-8,10,12,15,17H,5,9,11,13-14H2,1H3,(H,22,26). The molecule has 6 nitrogen and oxygen atoms in total. The first-order valence-corrected chi connectivity index (χ1v) is 11.5. The van der Waals surface area contributed by atoms with Crippen LogP contribution in [-0.4, -0.2) is 38.6 Å². The van der Waals surface area contributed by atoms with Crippen LogP contribution in [-0.2, 0) is 22.6 Å². The Balaban J connectivity index is 1.46. The quantitative estimate of drug-likeness (QED) is 0.550. The van der Waals surface area contributed by atoms with Crippen LogP contribution >= 0.6 is 23.1 Å². The maximum Gasteiger partial charge on any atom is 0.233 e. The Morgan fingerprint density at radius 2 is 2.17 bits per heavy atom. The number of nitrogens with one attached hydrogen (secondary N) is 1. The zero-order valence-electron chi connectivity index (χ0n) is 16.3. The molecule has 0 radical (unpaired) electrons. The third-order valence-electron chi connectivity index (χ3n) is 4.83. The predicted molar refractivity (Wildman–Crippen MR) is 116 cm³/mol. The molecule has 4 rings (SSSR count). The molecule has 2 aromatic heterocycles. The molecule has 2 atom stereocenters. The Hall–Kier alpha value is -2.16. The summed E-state index contributed by atoms with van der Waals surface area (Å²) in [6.07, 6.45) is 2.30. The van der Waals surface area contributed by atoms with Gasteiger partial charge in [0, 0.05) is 13.2 Å². The van der Waals surface area contributed by atoms with Crippen LogP contribution in [0.15, 0.2) is 53.0 Å². The molecular formula is C21H24N4O2S2.